The van der Waals surface area contributed by atoms with E-state index in [0.717, 1.165) is 10.0 Å². The number of hydrogen-bond donors (Lipinski definition) is 1. The van der Waals surface area contributed by atoms with Gasteiger partial charge in [0.1, 0.15) is 11.6 Å². The summed E-state index contributed by atoms with van der Waals surface area (Å²) in [6.45, 7) is 1.86. The van der Waals surface area contributed by atoms with Crippen molar-refractivity contribution >= 4 is 45.2 Å². The molecule has 134 valence electrons. The van der Waals surface area contributed by atoms with Crippen LogP contribution in [0.1, 0.15) is 11.1 Å². The molecule has 0 bridgehead atoms. The molecule has 2 rings (SSSR count). The molecule has 0 fully saturated rings. The Labute approximate surface area is 165 Å². The number of nitrogens with zero attached hydrogens (tertiary/aromatic N) is 1. The molecule has 0 aliphatic rings. The molecule has 0 aliphatic carbocycles. The molecular weight excluding hydrogens is 420 g/mol. The SMILES string of the molecule is COc1cc(Br)cc(/C=C(/C#N)C(=O)Nc2ccc(C)c(Cl)c2)c1OC. The number of ether oxygens (including phenoxy) is 2. The number of halogens is 2. The second kappa shape index (κ2) is 8.75. The van der Waals surface area contributed by atoms with Crippen LogP contribution in [0.2, 0.25) is 5.02 Å². The number of carbonyl (C=O) groups is 1. The minimum atomic E-state index is -0.548. The van der Waals surface area contributed by atoms with E-state index in [4.69, 9.17) is 21.1 Å². The Balaban J connectivity index is 2.38. The van der Waals surface area contributed by atoms with Crippen LogP contribution in [0, 0.1) is 18.3 Å². The molecule has 0 unspecified atom stereocenters. The van der Waals surface area contributed by atoms with Crippen molar-refractivity contribution < 1.29 is 14.3 Å². The van der Waals surface area contributed by atoms with E-state index in [0.29, 0.717) is 27.8 Å². The molecule has 7 heteroatoms. The van der Waals surface area contributed by atoms with Gasteiger partial charge in [-0.05, 0) is 42.8 Å². The second-order valence-corrected chi connectivity index (χ2v) is 6.64. The Hall–Kier alpha value is -2.49. The summed E-state index contributed by atoms with van der Waals surface area (Å²) in [4.78, 5) is 12.5. The molecule has 0 saturated carbocycles. The Morgan fingerprint density at radius 2 is 2.00 bits per heavy atom. The van der Waals surface area contributed by atoms with Gasteiger partial charge in [0.05, 0.1) is 14.2 Å². The monoisotopic (exact) mass is 434 g/mol. The van der Waals surface area contributed by atoms with Gasteiger partial charge in [0, 0.05) is 20.7 Å². The maximum absolute atomic E-state index is 12.5. The van der Waals surface area contributed by atoms with Gasteiger partial charge >= 0.3 is 0 Å². The van der Waals surface area contributed by atoms with Crippen LogP contribution >= 0.6 is 27.5 Å². The summed E-state index contributed by atoms with van der Waals surface area (Å²) in [6.07, 6.45) is 1.44. The number of rotatable bonds is 5. The lowest BCUT2D eigenvalue weighted by Crippen LogP contribution is -2.13. The zero-order chi connectivity index (χ0) is 19.3. The first-order chi connectivity index (χ1) is 12.4. The summed E-state index contributed by atoms with van der Waals surface area (Å²) in [6, 6.07) is 10.5. The van der Waals surface area contributed by atoms with Crippen LogP contribution < -0.4 is 14.8 Å². The lowest BCUT2D eigenvalue weighted by Gasteiger charge is -2.12. The minimum Gasteiger partial charge on any atom is -0.493 e. The number of amides is 1. The number of carbonyl (C=O) groups excluding carboxylic acids is 1. The predicted octanol–water partition coefficient (Wildman–Crippen LogP) is 4.97. The molecule has 0 radical (unpaired) electrons. The third-order valence-corrected chi connectivity index (χ3v) is 4.43. The maximum Gasteiger partial charge on any atom is 0.266 e. The van der Waals surface area contributed by atoms with Gasteiger partial charge in [-0.3, -0.25) is 4.79 Å². The summed E-state index contributed by atoms with van der Waals surface area (Å²) in [5, 5.41) is 12.6. The van der Waals surface area contributed by atoms with Crippen molar-refractivity contribution in [1.29, 1.82) is 5.26 Å². The zero-order valence-electron chi connectivity index (χ0n) is 14.4. The highest BCUT2D eigenvalue weighted by Gasteiger charge is 2.15. The summed E-state index contributed by atoms with van der Waals surface area (Å²) in [5.74, 6) is 0.360. The number of nitrogens with one attached hydrogen (secondary N) is 1. The molecule has 2 aromatic carbocycles. The van der Waals surface area contributed by atoms with Crippen LogP contribution in [0.3, 0.4) is 0 Å². The van der Waals surface area contributed by atoms with E-state index in [1.54, 1.807) is 30.3 Å². The standard InChI is InChI=1S/C19H16BrClN2O3/c1-11-4-5-15(9-16(11)21)23-19(24)13(10-22)6-12-7-14(20)8-17(25-2)18(12)26-3/h4-9H,1-3H3,(H,23,24)/b13-6-. The molecule has 0 spiro atoms. The third-order valence-electron chi connectivity index (χ3n) is 3.57. The third kappa shape index (κ3) is 4.57. The Morgan fingerprint density at radius 1 is 1.27 bits per heavy atom. The van der Waals surface area contributed by atoms with Crippen molar-refractivity contribution in [3.05, 3.63) is 56.5 Å². The number of nitriles is 1. The largest absolute Gasteiger partial charge is 0.493 e. The fraction of sp³-hybridized carbons (Fsp3) is 0.158. The van der Waals surface area contributed by atoms with Gasteiger partial charge < -0.3 is 14.8 Å². The molecule has 0 aliphatic heterocycles. The quantitative estimate of drug-likeness (QED) is 0.531. The van der Waals surface area contributed by atoms with Crippen molar-refractivity contribution in [1.82, 2.24) is 0 Å². The molecule has 0 heterocycles. The first kappa shape index (κ1) is 19.8. The fourth-order valence-electron chi connectivity index (χ4n) is 2.24. The summed E-state index contributed by atoms with van der Waals surface area (Å²) in [5.41, 5.74) is 1.85. The van der Waals surface area contributed by atoms with Gasteiger partial charge in [-0.1, -0.05) is 33.6 Å². The Kier molecular flexibility index (Phi) is 6.67. The summed E-state index contributed by atoms with van der Waals surface area (Å²) >= 11 is 9.44. The van der Waals surface area contributed by atoms with E-state index in [9.17, 15) is 10.1 Å². The average Bonchev–Trinajstić information content (AvgIpc) is 2.62. The molecular formula is C19H16BrClN2O3. The van der Waals surface area contributed by atoms with E-state index < -0.39 is 5.91 Å². The summed E-state index contributed by atoms with van der Waals surface area (Å²) in [7, 11) is 3.00. The maximum atomic E-state index is 12.5. The Morgan fingerprint density at radius 3 is 2.58 bits per heavy atom. The van der Waals surface area contributed by atoms with Gasteiger partial charge in [-0.2, -0.15) is 5.26 Å². The first-order valence-electron chi connectivity index (χ1n) is 7.50. The molecule has 0 aromatic heterocycles. The van der Waals surface area contributed by atoms with Crippen LogP contribution in [0.5, 0.6) is 11.5 Å². The molecule has 0 saturated heterocycles. The highest BCUT2D eigenvalue weighted by Crippen LogP contribution is 2.36. The van der Waals surface area contributed by atoms with Crippen molar-refractivity contribution in [2.24, 2.45) is 0 Å². The van der Waals surface area contributed by atoms with Crippen LogP contribution in [-0.2, 0) is 4.79 Å². The van der Waals surface area contributed by atoms with E-state index in [-0.39, 0.29) is 5.57 Å². The normalized spacial score (nSPS) is 10.8. The van der Waals surface area contributed by atoms with Crippen LogP contribution in [0.4, 0.5) is 5.69 Å². The molecule has 5 nitrogen and oxygen atoms in total. The van der Waals surface area contributed by atoms with Crippen molar-refractivity contribution in [3.8, 4) is 17.6 Å². The predicted molar refractivity (Wildman–Crippen MR) is 106 cm³/mol. The van der Waals surface area contributed by atoms with Crippen LogP contribution in [0.15, 0.2) is 40.4 Å². The van der Waals surface area contributed by atoms with Gasteiger partial charge in [-0.15, -0.1) is 0 Å². The highest BCUT2D eigenvalue weighted by molar-refractivity contribution is 9.10. The smallest absolute Gasteiger partial charge is 0.266 e. The molecule has 1 amide bonds. The lowest BCUT2D eigenvalue weighted by molar-refractivity contribution is -0.112. The zero-order valence-corrected chi connectivity index (χ0v) is 16.7. The molecule has 1 N–H and O–H groups in total. The molecule has 2 aromatic rings. The minimum absolute atomic E-state index is 0.0832. The number of benzene rings is 2. The van der Waals surface area contributed by atoms with Gasteiger partial charge in [0.2, 0.25) is 0 Å². The van der Waals surface area contributed by atoms with Crippen molar-refractivity contribution in [2.45, 2.75) is 6.92 Å². The van der Waals surface area contributed by atoms with E-state index >= 15 is 0 Å². The fourth-order valence-corrected chi connectivity index (χ4v) is 2.87. The lowest BCUT2D eigenvalue weighted by atomic mass is 10.1. The molecule has 26 heavy (non-hydrogen) atoms. The van der Waals surface area contributed by atoms with Crippen molar-refractivity contribution in [3.63, 3.8) is 0 Å². The Bertz CT molecular complexity index is 920. The highest BCUT2D eigenvalue weighted by atomic mass is 79.9. The molecule has 0 atom stereocenters. The van der Waals surface area contributed by atoms with E-state index in [1.807, 2.05) is 13.0 Å². The average molecular weight is 436 g/mol. The van der Waals surface area contributed by atoms with E-state index in [2.05, 4.69) is 21.2 Å². The van der Waals surface area contributed by atoms with Gasteiger partial charge in [0.25, 0.3) is 5.91 Å². The summed E-state index contributed by atoms with van der Waals surface area (Å²) < 4.78 is 11.3. The van der Waals surface area contributed by atoms with Crippen LogP contribution in [-0.4, -0.2) is 20.1 Å². The number of hydrogen-bond acceptors (Lipinski definition) is 4. The number of methoxy groups -OCH3 is 2. The van der Waals surface area contributed by atoms with Gasteiger partial charge in [-0.25, -0.2) is 0 Å². The van der Waals surface area contributed by atoms with Crippen molar-refractivity contribution in [2.75, 3.05) is 19.5 Å². The van der Waals surface area contributed by atoms with E-state index in [1.165, 1.54) is 20.3 Å². The topological polar surface area (TPSA) is 71.3 Å². The number of anilines is 1. The first-order valence-corrected chi connectivity index (χ1v) is 8.67. The number of aryl methyl sites for hydroxylation is 1. The second-order valence-electron chi connectivity index (χ2n) is 5.32. The van der Waals surface area contributed by atoms with Gasteiger partial charge in [0.15, 0.2) is 11.5 Å². The van der Waals surface area contributed by atoms with Crippen LogP contribution in [0.25, 0.3) is 6.08 Å².